The summed E-state index contributed by atoms with van der Waals surface area (Å²) in [5.41, 5.74) is 0.899. The average molecular weight is 343 g/mol. The van der Waals surface area contributed by atoms with Gasteiger partial charge in [0.1, 0.15) is 9.84 Å². The fourth-order valence-electron chi connectivity index (χ4n) is 2.41. The van der Waals surface area contributed by atoms with Gasteiger partial charge in [-0.3, -0.25) is 0 Å². The van der Waals surface area contributed by atoms with Gasteiger partial charge < -0.3 is 14.8 Å². The Balaban J connectivity index is 2.97. The summed E-state index contributed by atoms with van der Waals surface area (Å²) in [6.07, 6.45) is 4.56. The topological polar surface area (TPSA) is 64.6 Å². The summed E-state index contributed by atoms with van der Waals surface area (Å²) in [4.78, 5) is 0. The second-order valence-corrected chi connectivity index (χ2v) is 7.83. The lowest BCUT2D eigenvalue weighted by Gasteiger charge is -2.20. The summed E-state index contributed by atoms with van der Waals surface area (Å²) in [5, 5.41) is 3.36. The minimum atomic E-state index is -3.09. The molecule has 0 saturated carbocycles. The van der Waals surface area contributed by atoms with E-state index in [2.05, 4.69) is 12.2 Å². The highest BCUT2D eigenvalue weighted by Gasteiger charge is 2.19. The molecule has 0 aromatic heterocycles. The van der Waals surface area contributed by atoms with Crippen molar-refractivity contribution in [1.29, 1.82) is 0 Å². The van der Waals surface area contributed by atoms with Gasteiger partial charge in [-0.1, -0.05) is 25.8 Å². The molecule has 0 aliphatic heterocycles. The van der Waals surface area contributed by atoms with Gasteiger partial charge in [0.15, 0.2) is 11.5 Å². The second-order valence-electron chi connectivity index (χ2n) is 5.65. The van der Waals surface area contributed by atoms with E-state index in [1.165, 1.54) is 6.26 Å². The first-order chi connectivity index (χ1) is 10.9. The minimum Gasteiger partial charge on any atom is -0.493 e. The summed E-state index contributed by atoms with van der Waals surface area (Å²) in [7, 11) is -1.50. The van der Waals surface area contributed by atoms with Crippen molar-refractivity contribution in [3.63, 3.8) is 0 Å². The van der Waals surface area contributed by atoms with Crippen LogP contribution >= 0.6 is 0 Å². The predicted molar refractivity (Wildman–Crippen MR) is 94.1 cm³/mol. The molecule has 0 aliphatic carbocycles. The Kier molecular flexibility index (Phi) is 8.41. The van der Waals surface area contributed by atoms with Crippen molar-refractivity contribution >= 4 is 9.84 Å². The molecule has 0 radical (unpaired) electrons. The molecule has 132 valence electrons. The minimum absolute atomic E-state index is 0.0665. The molecule has 23 heavy (non-hydrogen) atoms. The zero-order chi connectivity index (χ0) is 17.3. The molecule has 0 saturated heterocycles. The quantitative estimate of drug-likeness (QED) is 0.626. The van der Waals surface area contributed by atoms with Crippen LogP contribution in [0.25, 0.3) is 0 Å². The van der Waals surface area contributed by atoms with Crippen LogP contribution in [0.2, 0.25) is 0 Å². The second kappa shape index (κ2) is 9.78. The molecule has 0 fully saturated rings. The van der Waals surface area contributed by atoms with Crippen LogP contribution in [-0.4, -0.2) is 40.7 Å². The number of unbranched alkanes of at least 4 members (excludes halogenated alkanes) is 2. The van der Waals surface area contributed by atoms with Crippen molar-refractivity contribution in [2.45, 2.75) is 39.2 Å². The number of hydrogen-bond acceptors (Lipinski definition) is 5. The lowest BCUT2D eigenvalue weighted by molar-refractivity contribution is 0.310. The third-order valence-electron chi connectivity index (χ3n) is 3.53. The van der Waals surface area contributed by atoms with Gasteiger partial charge in [-0.25, -0.2) is 8.42 Å². The maximum Gasteiger partial charge on any atom is 0.161 e. The van der Waals surface area contributed by atoms with Crippen LogP contribution in [0.15, 0.2) is 18.2 Å². The van der Waals surface area contributed by atoms with Crippen LogP contribution in [0.5, 0.6) is 11.5 Å². The smallest absolute Gasteiger partial charge is 0.161 e. The van der Waals surface area contributed by atoms with Gasteiger partial charge >= 0.3 is 0 Å². The molecule has 1 aromatic carbocycles. The van der Waals surface area contributed by atoms with Crippen molar-refractivity contribution in [2.75, 3.05) is 32.3 Å². The van der Waals surface area contributed by atoms with Gasteiger partial charge in [-0.15, -0.1) is 0 Å². The standard InChI is InChI=1S/C17H29NO4S/c1-5-7-8-11-18-15(13-23(4,19)20)14-9-10-16(21-3)17(12-14)22-6-2/h9-10,12,15,18H,5-8,11,13H2,1-4H3. The number of ether oxygens (including phenoxy) is 2. The molecule has 1 atom stereocenters. The van der Waals surface area contributed by atoms with E-state index in [1.807, 2.05) is 25.1 Å². The Labute approximate surface area is 140 Å². The number of rotatable bonds is 11. The molecule has 1 N–H and O–H groups in total. The van der Waals surface area contributed by atoms with E-state index in [0.717, 1.165) is 31.4 Å². The molecule has 0 amide bonds. The van der Waals surface area contributed by atoms with Crippen LogP contribution in [-0.2, 0) is 9.84 Å². The van der Waals surface area contributed by atoms with E-state index < -0.39 is 9.84 Å². The lowest BCUT2D eigenvalue weighted by Crippen LogP contribution is -2.28. The summed E-state index contributed by atoms with van der Waals surface area (Å²) in [6.45, 7) is 5.37. The zero-order valence-corrected chi connectivity index (χ0v) is 15.4. The highest BCUT2D eigenvalue weighted by Crippen LogP contribution is 2.30. The van der Waals surface area contributed by atoms with Crippen LogP contribution in [0.3, 0.4) is 0 Å². The first kappa shape index (κ1) is 19.8. The maximum absolute atomic E-state index is 11.7. The Morgan fingerprint density at radius 2 is 1.91 bits per heavy atom. The van der Waals surface area contributed by atoms with Crippen LogP contribution < -0.4 is 14.8 Å². The number of sulfone groups is 1. The average Bonchev–Trinajstić information content (AvgIpc) is 2.49. The first-order valence-corrected chi connectivity index (χ1v) is 10.2. The third kappa shape index (κ3) is 7.22. The number of benzene rings is 1. The lowest BCUT2D eigenvalue weighted by atomic mass is 10.1. The van der Waals surface area contributed by atoms with Gasteiger partial charge in [-0.05, 0) is 37.6 Å². The van der Waals surface area contributed by atoms with E-state index in [4.69, 9.17) is 9.47 Å². The van der Waals surface area contributed by atoms with E-state index in [9.17, 15) is 8.42 Å². The van der Waals surface area contributed by atoms with Crippen molar-refractivity contribution in [1.82, 2.24) is 5.32 Å². The van der Waals surface area contributed by atoms with Gasteiger partial charge in [0.2, 0.25) is 0 Å². The third-order valence-corrected chi connectivity index (χ3v) is 4.47. The Bertz CT molecular complexity index is 572. The van der Waals surface area contributed by atoms with Gasteiger partial charge in [0.25, 0.3) is 0 Å². The SMILES string of the molecule is CCCCCNC(CS(C)(=O)=O)c1ccc(OC)c(OCC)c1. The van der Waals surface area contributed by atoms with Crippen molar-refractivity contribution in [2.24, 2.45) is 0 Å². The largest absolute Gasteiger partial charge is 0.493 e. The Morgan fingerprint density at radius 3 is 2.48 bits per heavy atom. The highest BCUT2D eigenvalue weighted by atomic mass is 32.2. The number of methoxy groups -OCH3 is 1. The van der Waals surface area contributed by atoms with Gasteiger partial charge in [-0.2, -0.15) is 0 Å². The Hall–Kier alpha value is -1.27. The predicted octanol–water partition coefficient (Wildman–Crippen LogP) is 2.96. The zero-order valence-electron chi connectivity index (χ0n) is 14.6. The molecule has 0 bridgehead atoms. The molecule has 1 rings (SSSR count). The summed E-state index contributed by atoms with van der Waals surface area (Å²) < 4.78 is 34.4. The van der Waals surface area contributed by atoms with Crippen LogP contribution in [0, 0.1) is 0 Å². The molecular formula is C17H29NO4S. The highest BCUT2D eigenvalue weighted by molar-refractivity contribution is 7.90. The van der Waals surface area contributed by atoms with Gasteiger partial charge in [0.05, 0.1) is 19.5 Å². The molecule has 5 nitrogen and oxygen atoms in total. The molecule has 6 heteroatoms. The Morgan fingerprint density at radius 1 is 1.17 bits per heavy atom. The number of nitrogens with one attached hydrogen (secondary N) is 1. The summed E-state index contributed by atoms with van der Waals surface area (Å²) >= 11 is 0. The number of hydrogen-bond donors (Lipinski definition) is 1. The van der Waals surface area contributed by atoms with Crippen LogP contribution in [0.4, 0.5) is 0 Å². The molecule has 1 aromatic rings. The molecule has 0 aliphatic rings. The normalized spacial score (nSPS) is 12.9. The van der Waals surface area contributed by atoms with E-state index in [1.54, 1.807) is 7.11 Å². The summed E-state index contributed by atoms with van der Waals surface area (Å²) in [5.74, 6) is 1.36. The fraction of sp³-hybridized carbons (Fsp3) is 0.647. The first-order valence-electron chi connectivity index (χ1n) is 8.13. The van der Waals surface area contributed by atoms with Crippen molar-refractivity contribution < 1.29 is 17.9 Å². The molecule has 0 heterocycles. The molecule has 1 unspecified atom stereocenters. The van der Waals surface area contributed by atoms with E-state index >= 15 is 0 Å². The maximum atomic E-state index is 11.7. The molecular weight excluding hydrogens is 314 g/mol. The molecule has 0 spiro atoms. The van der Waals surface area contributed by atoms with E-state index in [0.29, 0.717) is 18.1 Å². The monoisotopic (exact) mass is 343 g/mol. The van der Waals surface area contributed by atoms with Crippen LogP contribution in [0.1, 0.15) is 44.7 Å². The fourth-order valence-corrected chi connectivity index (χ4v) is 3.32. The van der Waals surface area contributed by atoms with Crippen molar-refractivity contribution in [3.05, 3.63) is 23.8 Å². The van der Waals surface area contributed by atoms with Crippen molar-refractivity contribution in [3.8, 4) is 11.5 Å². The summed E-state index contributed by atoms with van der Waals surface area (Å²) in [6, 6.07) is 5.34. The van der Waals surface area contributed by atoms with Gasteiger partial charge in [0, 0.05) is 12.3 Å². The van der Waals surface area contributed by atoms with E-state index in [-0.39, 0.29) is 11.8 Å².